The summed E-state index contributed by atoms with van der Waals surface area (Å²) in [7, 11) is 0. The SMILES string of the molecule is CCOC(=O)c1cnc(Cl)nc1Nc1ccc2nc(C)ccc2c1. The molecule has 0 aliphatic heterocycles. The molecule has 0 saturated carbocycles. The minimum absolute atomic E-state index is 0.0450. The number of benzene rings is 1. The van der Waals surface area contributed by atoms with Crippen LogP contribution in [-0.4, -0.2) is 27.5 Å². The van der Waals surface area contributed by atoms with E-state index in [0.29, 0.717) is 5.82 Å². The van der Waals surface area contributed by atoms with Crippen molar-refractivity contribution in [3.8, 4) is 0 Å². The number of hydrogen-bond donors (Lipinski definition) is 1. The van der Waals surface area contributed by atoms with Crippen molar-refractivity contribution in [1.82, 2.24) is 15.0 Å². The van der Waals surface area contributed by atoms with Crippen molar-refractivity contribution in [2.24, 2.45) is 0 Å². The summed E-state index contributed by atoms with van der Waals surface area (Å²) in [5.74, 6) is -0.206. The zero-order chi connectivity index (χ0) is 17.1. The molecule has 3 rings (SSSR count). The molecule has 7 heteroatoms. The van der Waals surface area contributed by atoms with Gasteiger partial charge in [-0.15, -0.1) is 0 Å². The Hall–Kier alpha value is -2.73. The summed E-state index contributed by atoms with van der Waals surface area (Å²) in [5, 5.41) is 4.12. The normalized spacial score (nSPS) is 10.6. The fraction of sp³-hybridized carbons (Fsp3) is 0.176. The summed E-state index contributed by atoms with van der Waals surface area (Å²) in [6.07, 6.45) is 1.35. The van der Waals surface area contributed by atoms with Crippen molar-refractivity contribution in [1.29, 1.82) is 0 Å². The Kier molecular flexibility index (Phi) is 4.57. The van der Waals surface area contributed by atoms with Crippen molar-refractivity contribution in [2.75, 3.05) is 11.9 Å². The smallest absolute Gasteiger partial charge is 0.343 e. The minimum Gasteiger partial charge on any atom is -0.462 e. The van der Waals surface area contributed by atoms with Crippen LogP contribution < -0.4 is 5.32 Å². The molecule has 0 radical (unpaired) electrons. The molecule has 0 fully saturated rings. The first-order valence-electron chi connectivity index (χ1n) is 7.41. The molecule has 0 spiro atoms. The first kappa shape index (κ1) is 16.1. The molecule has 24 heavy (non-hydrogen) atoms. The van der Waals surface area contributed by atoms with Gasteiger partial charge >= 0.3 is 5.97 Å². The maximum absolute atomic E-state index is 12.0. The van der Waals surface area contributed by atoms with Gasteiger partial charge in [-0.1, -0.05) is 6.07 Å². The van der Waals surface area contributed by atoms with E-state index >= 15 is 0 Å². The number of ether oxygens (including phenoxy) is 1. The second-order valence-corrected chi connectivity index (χ2v) is 5.44. The van der Waals surface area contributed by atoms with Gasteiger partial charge in [0.05, 0.1) is 12.1 Å². The molecule has 1 N–H and O–H groups in total. The van der Waals surface area contributed by atoms with Gasteiger partial charge in [-0.3, -0.25) is 4.98 Å². The molecule has 0 aliphatic carbocycles. The molecular weight excluding hydrogens is 328 g/mol. The van der Waals surface area contributed by atoms with E-state index in [1.54, 1.807) is 6.92 Å². The van der Waals surface area contributed by atoms with E-state index in [2.05, 4.69) is 20.3 Å². The van der Waals surface area contributed by atoms with Gasteiger partial charge in [-0.25, -0.2) is 9.78 Å². The van der Waals surface area contributed by atoms with E-state index < -0.39 is 5.97 Å². The Labute approximate surface area is 143 Å². The molecule has 2 heterocycles. The number of carbonyl (C=O) groups excluding carboxylic acids is 1. The van der Waals surface area contributed by atoms with Crippen molar-refractivity contribution in [2.45, 2.75) is 13.8 Å². The number of esters is 1. The lowest BCUT2D eigenvalue weighted by atomic mass is 10.2. The van der Waals surface area contributed by atoms with Gasteiger partial charge < -0.3 is 10.1 Å². The van der Waals surface area contributed by atoms with Crippen LogP contribution in [0, 0.1) is 6.92 Å². The quantitative estimate of drug-likeness (QED) is 0.572. The van der Waals surface area contributed by atoms with Crippen LogP contribution in [0.3, 0.4) is 0 Å². The lowest BCUT2D eigenvalue weighted by Crippen LogP contribution is -2.10. The fourth-order valence-electron chi connectivity index (χ4n) is 2.26. The van der Waals surface area contributed by atoms with Gasteiger partial charge in [0.15, 0.2) is 0 Å². The predicted octanol–water partition coefficient (Wildman–Crippen LogP) is 3.91. The number of nitrogens with one attached hydrogen (secondary N) is 1. The zero-order valence-corrected chi connectivity index (χ0v) is 14.0. The van der Waals surface area contributed by atoms with Crippen LogP contribution in [0.15, 0.2) is 36.5 Å². The van der Waals surface area contributed by atoms with Crippen LogP contribution in [0.5, 0.6) is 0 Å². The van der Waals surface area contributed by atoms with Crippen LogP contribution in [0.4, 0.5) is 11.5 Å². The van der Waals surface area contributed by atoms with E-state index in [-0.39, 0.29) is 17.5 Å². The number of rotatable bonds is 4. The lowest BCUT2D eigenvalue weighted by molar-refractivity contribution is 0.0526. The highest BCUT2D eigenvalue weighted by atomic mass is 35.5. The molecule has 122 valence electrons. The summed E-state index contributed by atoms with van der Waals surface area (Å²) in [6.45, 7) is 3.95. The zero-order valence-electron chi connectivity index (χ0n) is 13.2. The number of pyridine rings is 1. The summed E-state index contributed by atoms with van der Waals surface area (Å²) in [6, 6.07) is 9.61. The number of hydrogen-bond acceptors (Lipinski definition) is 6. The number of aromatic nitrogens is 3. The van der Waals surface area contributed by atoms with Crippen LogP contribution >= 0.6 is 11.6 Å². The van der Waals surface area contributed by atoms with Crippen molar-refractivity contribution < 1.29 is 9.53 Å². The topological polar surface area (TPSA) is 77.0 Å². The van der Waals surface area contributed by atoms with Gasteiger partial charge in [-0.2, -0.15) is 4.98 Å². The number of fused-ring (bicyclic) bond motifs is 1. The Morgan fingerprint density at radius 3 is 2.88 bits per heavy atom. The monoisotopic (exact) mass is 342 g/mol. The first-order valence-corrected chi connectivity index (χ1v) is 7.78. The molecule has 0 saturated heterocycles. The fourth-order valence-corrected chi connectivity index (χ4v) is 2.39. The number of aryl methyl sites for hydroxylation is 1. The summed E-state index contributed by atoms with van der Waals surface area (Å²) >= 11 is 5.85. The van der Waals surface area contributed by atoms with Crippen LogP contribution in [0.2, 0.25) is 5.28 Å². The maximum Gasteiger partial charge on any atom is 0.343 e. The van der Waals surface area contributed by atoms with Crippen LogP contribution in [0.1, 0.15) is 23.0 Å². The summed E-state index contributed by atoms with van der Waals surface area (Å²) < 4.78 is 5.02. The van der Waals surface area contributed by atoms with Crippen molar-refractivity contribution in [3.63, 3.8) is 0 Å². The predicted molar refractivity (Wildman–Crippen MR) is 92.8 cm³/mol. The van der Waals surface area contributed by atoms with Crippen molar-refractivity contribution in [3.05, 3.63) is 53.1 Å². The third kappa shape index (κ3) is 3.44. The highest BCUT2D eigenvalue weighted by Crippen LogP contribution is 2.24. The summed E-state index contributed by atoms with van der Waals surface area (Å²) in [5.41, 5.74) is 2.83. The maximum atomic E-state index is 12.0. The first-order chi connectivity index (χ1) is 11.6. The van der Waals surface area contributed by atoms with Crippen molar-refractivity contribution >= 4 is 40.0 Å². The average molecular weight is 343 g/mol. The number of anilines is 2. The third-order valence-corrected chi connectivity index (χ3v) is 3.53. The molecule has 2 aromatic heterocycles. The molecule has 6 nitrogen and oxygen atoms in total. The standard InChI is InChI=1S/C17H15ClN4O2/c1-3-24-16(23)13-9-19-17(18)22-15(13)21-12-6-7-14-11(8-12)5-4-10(2)20-14/h4-9H,3H2,1-2H3,(H,19,21,22). The molecule has 1 aromatic carbocycles. The lowest BCUT2D eigenvalue weighted by Gasteiger charge is -2.11. The van der Waals surface area contributed by atoms with Gasteiger partial charge in [0.25, 0.3) is 0 Å². The Morgan fingerprint density at radius 2 is 2.08 bits per heavy atom. The van der Waals surface area contributed by atoms with E-state index in [9.17, 15) is 4.79 Å². The van der Waals surface area contributed by atoms with E-state index in [1.165, 1.54) is 6.20 Å². The second kappa shape index (κ2) is 6.80. The minimum atomic E-state index is -0.505. The van der Waals surface area contributed by atoms with E-state index in [1.807, 2.05) is 37.3 Å². The van der Waals surface area contributed by atoms with Gasteiger partial charge in [0, 0.05) is 23.0 Å². The van der Waals surface area contributed by atoms with Crippen LogP contribution in [0.25, 0.3) is 10.9 Å². The highest BCUT2D eigenvalue weighted by Gasteiger charge is 2.16. The largest absolute Gasteiger partial charge is 0.462 e. The van der Waals surface area contributed by atoms with Gasteiger partial charge in [0.2, 0.25) is 5.28 Å². The van der Waals surface area contributed by atoms with Gasteiger partial charge in [-0.05, 0) is 49.7 Å². The molecule has 0 amide bonds. The average Bonchev–Trinajstić information content (AvgIpc) is 2.55. The molecule has 0 bridgehead atoms. The van der Waals surface area contributed by atoms with E-state index in [0.717, 1.165) is 22.3 Å². The molecule has 0 aliphatic rings. The number of nitrogens with zero attached hydrogens (tertiary/aromatic N) is 3. The Bertz CT molecular complexity index is 914. The summed E-state index contributed by atoms with van der Waals surface area (Å²) in [4.78, 5) is 24.4. The molecular formula is C17H15ClN4O2. The molecule has 0 unspecified atom stereocenters. The number of carbonyl (C=O) groups is 1. The van der Waals surface area contributed by atoms with E-state index in [4.69, 9.17) is 16.3 Å². The Morgan fingerprint density at radius 1 is 1.25 bits per heavy atom. The van der Waals surface area contributed by atoms with Crippen LogP contribution in [-0.2, 0) is 4.74 Å². The third-order valence-electron chi connectivity index (χ3n) is 3.35. The Balaban J connectivity index is 1.97. The highest BCUT2D eigenvalue weighted by molar-refractivity contribution is 6.28. The second-order valence-electron chi connectivity index (χ2n) is 5.11. The molecule has 3 aromatic rings. The number of halogens is 1. The van der Waals surface area contributed by atoms with Gasteiger partial charge in [0.1, 0.15) is 11.4 Å². The molecule has 0 atom stereocenters.